The van der Waals surface area contributed by atoms with Crippen LogP contribution in [-0.4, -0.2) is 51.2 Å². The quantitative estimate of drug-likeness (QED) is 0.307. The molecule has 0 saturated carbocycles. The number of pyridine rings is 1. The molecule has 4 aromatic rings. The summed E-state index contributed by atoms with van der Waals surface area (Å²) >= 11 is 0. The van der Waals surface area contributed by atoms with E-state index in [9.17, 15) is 18.0 Å². The van der Waals surface area contributed by atoms with Crippen molar-refractivity contribution in [1.82, 2.24) is 24.5 Å². The molecule has 0 spiro atoms. The zero-order chi connectivity index (χ0) is 26.2. The summed E-state index contributed by atoms with van der Waals surface area (Å²) in [4.78, 5) is 32.7. The predicted molar refractivity (Wildman–Crippen MR) is 137 cm³/mol. The highest BCUT2D eigenvalue weighted by molar-refractivity contribution is 7.89. The van der Waals surface area contributed by atoms with Crippen molar-refractivity contribution in [2.45, 2.75) is 30.7 Å². The lowest BCUT2D eigenvalue weighted by molar-refractivity contribution is 0.102. The Morgan fingerprint density at radius 1 is 1.03 bits per heavy atom. The molecule has 12 heteroatoms. The molecule has 1 aliphatic rings. The van der Waals surface area contributed by atoms with E-state index in [-0.39, 0.29) is 35.3 Å². The van der Waals surface area contributed by atoms with Gasteiger partial charge in [0.15, 0.2) is 5.82 Å². The predicted octanol–water partition coefficient (Wildman–Crippen LogP) is 3.12. The summed E-state index contributed by atoms with van der Waals surface area (Å²) in [6, 6.07) is 13.0. The number of aromatic amines is 2. The van der Waals surface area contributed by atoms with Gasteiger partial charge in [0.25, 0.3) is 11.8 Å². The van der Waals surface area contributed by atoms with Crippen molar-refractivity contribution < 1.29 is 18.0 Å². The maximum absolute atomic E-state index is 13.3. The number of sulfonamides is 1. The first kappa shape index (κ1) is 24.4. The molecule has 0 atom stereocenters. The van der Waals surface area contributed by atoms with E-state index in [4.69, 9.17) is 0 Å². The van der Waals surface area contributed by atoms with Crippen LogP contribution in [0.4, 0.5) is 11.5 Å². The van der Waals surface area contributed by atoms with Crippen molar-refractivity contribution in [2.24, 2.45) is 0 Å². The topological polar surface area (TPSA) is 153 Å². The molecule has 0 fully saturated rings. The van der Waals surface area contributed by atoms with Crippen LogP contribution in [0.3, 0.4) is 0 Å². The number of rotatable bonds is 6. The van der Waals surface area contributed by atoms with Gasteiger partial charge in [-0.3, -0.25) is 19.7 Å². The first-order chi connectivity index (χ1) is 17.7. The van der Waals surface area contributed by atoms with E-state index in [1.54, 1.807) is 48.7 Å². The minimum absolute atomic E-state index is 0.0211. The molecule has 0 saturated heterocycles. The first-order valence-electron chi connectivity index (χ1n) is 11.5. The fraction of sp³-hybridized carbons (Fsp3) is 0.200. The molecule has 0 aliphatic carbocycles. The van der Waals surface area contributed by atoms with Gasteiger partial charge in [0, 0.05) is 48.4 Å². The van der Waals surface area contributed by atoms with Crippen molar-refractivity contribution >= 4 is 33.3 Å². The van der Waals surface area contributed by atoms with E-state index in [1.807, 2.05) is 13.8 Å². The maximum Gasteiger partial charge on any atom is 0.272 e. The average Bonchev–Trinajstić information content (AvgIpc) is 3.56. The standard InChI is InChI=1S/C25H25N7O4S/c1-25(2)15-32(37(35,36)16-7-5-11-26-13-16)14-18-21(25)30-31-22(18)29-23(33)17-8-3-4-9-19(17)28-24(34)20-10-6-12-27-20/h3-13,27H,14-15H2,1-2H3,(H,28,34)(H2,29,30,31,33). The Balaban J connectivity index is 1.42. The Bertz CT molecular complexity index is 1560. The van der Waals surface area contributed by atoms with Crippen LogP contribution in [-0.2, 0) is 22.0 Å². The lowest BCUT2D eigenvalue weighted by Crippen LogP contribution is -2.45. The van der Waals surface area contributed by atoms with Crippen molar-refractivity contribution in [2.75, 3.05) is 17.2 Å². The minimum atomic E-state index is -3.83. The molecule has 0 bridgehead atoms. The Kier molecular flexibility index (Phi) is 6.13. The van der Waals surface area contributed by atoms with Gasteiger partial charge in [-0.2, -0.15) is 9.40 Å². The zero-order valence-corrected chi connectivity index (χ0v) is 21.0. The minimum Gasteiger partial charge on any atom is -0.357 e. The number of H-pyrrole nitrogens is 2. The van der Waals surface area contributed by atoms with Crippen molar-refractivity contribution in [3.8, 4) is 0 Å². The zero-order valence-electron chi connectivity index (χ0n) is 20.1. The van der Waals surface area contributed by atoms with Gasteiger partial charge in [0.1, 0.15) is 10.6 Å². The number of nitrogens with zero attached hydrogens (tertiary/aromatic N) is 3. The SMILES string of the molecule is CC1(C)CN(S(=O)(=O)c2cccnc2)Cc2c(NC(=O)c3ccccc3NC(=O)c3ccc[nH]3)n[nH]c21. The van der Waals surface area contributed by atoms with Gasteiger partial charge >= 0.3 is 0 Å². The fourth-order valence-electron chi connectivity index (χ4n) is 4.38. The molecule has 4 heterocycles. The van der Waals surface area contributed by atoms with Gasteiger partial charge in [-0.05, 0) is 36.4 Å². The molecule has 2 amide bonds. The fourth-order valence-corrected chi connectivity index (χ4v) is 5.91. The molecule has 3 aromatic heterocycles. The highest BCUT2D eigenvalue weighted by Crippen LogP contribution is 2.37. The molecule has 0 unspecified atom stereocenters. The normalized spacial score (nSPS) is 15.1. The number of hydrogen-bond donors (Lipinski definition) is 4. The van der Waals surface area contributed by atoms with E-state index in [2.05, 4.69) is 30.8 Å². The summed E-state index contributed by atoms with van der Waals surface area (Å²) in [6.45, 7) is 4.06. The van der Waals surface area contributed by atoms with E-state index in [1.165, 1.54) is 22.8 Å². The number of para-hydroxylation sites is 1. The summed E-state index contributed by atoms with van der Waals surface area (Å²) < 4.78 is 28.0. The number of amides is 2. The third-order valence-corrected chi connectivity index (χ3v) is 7.99. The average molecular weight is 520 g/mol. The smallest absolute Gasteiger partial charge is 0.272 e. The van der Waals surface area contributed by atoms with E-state index in [0.29, 0.717) is 16.9 Å². The number of carbonyl (C=O) groups is 2. The molecule has 37 heavy (non-hydrogen) atoms. The highest BCUT2D eigenvalue weighted by Gasteiger charge is 2.41. The van der Waals surface area contributed by atoms with Crippen molar-refractivity contribution in [3.05, 3.63) is 89.6 Å². The monoisotopic (exact) mass is 519 g/mol. The number of aromatic nitrogens is 4. The van der Waals surface area contributed by atoms with Crippen LogP contribution in [0.5, 0.6) is 0 Å². The van der Waals surface area contributed by atoms with Gasteiger partial charge in [-0.1, -0.05) is 26.0 Å². The van der Waals surface area contributed by atoms with Crippen LogP contribution in [0.15, 0.2) is 72.0 Å². The molecular weight excluding hydrogens is 494 g/mol. The largest absolute Gasteiger partial charge is 0.357 e. The third kappa shape index (κ3) is 4.63. The molecular formula is C25H25N7O4S. The van der Waals surface area contributed by atoms with Crippen LogP contribution < -0.4 is 10.6 Å². The van der Waals surface area contributed by atoms with Crippen LogP contribution >= 0.6 is 0 Å². The number of carbonyl (C=O) groups excluding carboxylic acids is 2. The summed E-state index contributed by atoms with van der Waals surface area (Å²) in [5.74, 6) is -0.660. The number of nitrogens with one attached hydrogen (secondary N) is 4. The van der Waals surface area contributed by atoms with Gasteiger partial charge in [0.05, 0.1) is 11.3 Å². The Morgan fingerprint density at radius 2 is 1.84 bits per heavy atom. The van der Waals surface area contributed by atoms with Crippen molar-refractivity contribution in [1.29, 1.82) is 0 Å². The van der Waals surface area contributed by atoms with Gasteiger partial charge in [-0.25, -0.2) is 8.42 Å². The lowest BCUT2D eigenvalue weighted by Gasteiger charge is -2.36. The van der Waals surface area contributed by atoms with Gasteiger partial charge in [0.2, 0.25) is 10.0 Å². The summed E-state index contributed by atoms with van der Waals surface area (Å²) in [5, 5.41) is 12.8. The molecule has 1 aromatic carbocycles. The second kappa shape index (κ2) is 9.30. The summed E-state index contributed by atoms with van der Waals surface area (Å²) in [7, 11) is -3.83. The van der Waals surface area contributed by atoms with Crippen molar-refractivity contribution in [3.63, 3.8) is 0 Å². The Morgan fingerprint density at radius 3 is 2.57 bits per heavy atom. The van der Waals surface area contributed by atoms with Crippen LogP contribution in [0.1, 0.15) is 46.0 Å². The summed E-state index contributed by atoms with van der Waals surface area (Å²) in [5.41, 5.74) is 1.63. The number of hydrogen-bond acceptors (Lipinski definition) is 6. The second-order valence-corrected chi connectivity index (χ2v) is 11.2. The first-order valence-corrected chi connectivity index (χ1v) is 12.9. The Hall–Kier alpha value is -4.29. The molecule has 190 valence electrons. The lowest BCUT2D eigenvalue weighted by atomic mass is 9.84. The molecule has 5 rings (SSSR count). The van der Waals surface area contributed by atoms with E-state index < -0.39 is 21.3 Å². The molecule has 1 aliphatic heterocycles. The van der Waals surface area contributed by atoms with Gasteiger partial charge in [-0.15, -0.1) is 0 Å². The highest BCUT2D eigenvalue weighted by atomic mass is 32.2. The molecule has 11 nitrogen and oxygen atoms in total. The van der Waals surface area contributed by atoms with Crippen LogP contribution in [0, 0.1) is 0 Å². The number of fused-ring (bicyclic) bond motifs is 1. The Labute approximate surface area is 213 Å². The van der Waals surface area contributed by atoms with Gasteiger partial charge < -0.3 is 15.6 Å². The number of benzene rings is 1. The number of anilines is 2. The molecule has 0 radical (unpaired) electrons. The van der Waals surface area contributed by atoms with Crippen LogP contribution in [0.25, 0.3) is 0 Å². The van der Waals surface area contributed by atoms with Crippen LogP contribution in [0.2, 0.25) is 0 Å². The molecule has 4 N–H and O–H groups in total. The summed E-state index contributed by atoms with van der Waals surface area (Å²) in [6.07, 6.45) is 4.46. The maximum atomic E-state index is 13.3. The second-order valence-electron chi connectivity index (χ2n) is 9.31. The van der Waals surface area contributed by atoms with E-state index >= 15 is 0 Å². The van der Waals surface area contributed by atoms with E-state index in [0.717, 1.165) is 5.69 Å². The third-order valence-electron chi connectivity index (χ3n) is 6.22.